The first-order valence-electron chi connectivity index (χ1n) is 3.21. The number of hydrogen-bond acceptors (Lipinski definition) is 2. The number of hydrogen-bond donors (Lipinski definition) is 1. The van der Waals surface area contributed by atoms with Gasteiger partial charge in [0.1, 0.15) is 5.75 Å². The summed E-state index contributed by atoms with van der Waals surface area (Å²) in [5, 5.41) is 9.22. The van der Waals surface area contributed by atoms with Crippen LogP contribution in [0, 0.1) is 0 Å². The molecule has 0 aliphatic carbocycles. The Balaban J connectivity index is 2.96. The molecule has 0 saturated carbocycles. The highest BCUT2D eigenvalue weighted by molar-refractivity contribution is 9.10. The minimum absolute atomic E-state index is 0.250. The minimum atomic E-state index is 0.250. The fraction of sp³-hybridized carbons (Fsp3) is 0.250. The highest BCUT2D eigenvalue weighted by Gasteiger charge is 2.02. The maximum absolute atomic E-state index is 9.22. The summed E-state index contributed by atoms with van der Waals surface area (Å²) in [7, 11) is 1.62. The van der Waals surface area contributed by atoms with Crippen molar-refractivity contribution in [3.8, 4) is 5.75 Å². The largest absolute Gasteiger partial charge is 0.507 e. The van der Waals surface area contributed by atoms with E-state index in [9.17, 15) is 5.11 Å². The van der Waals surface area contributed by atoms with E-state index in [0.29, 0.717) is 11.1 Å². The molecule has 3 heteroatoms. The predicted octanol–water partition coefficient (Wildman–Crippen LogP) is 2.30. The van der Waals surface area contributed by atoms with Crippen LogP contribution in [0.3, 0.4) is 0 Å². The van der Waals surface area contributed by atoms with Crippen LogP contribution in [0.2, 0.25) is 0 Å². The number of aromatic hydroxyl groups is 1. The predicted molar refractivity (Wildman–Crippen MR) is 46.5 cm³/mol. The molecular formula is C8H9BrO2. The first-order chi connectivity index (χ1) is 5.25. The molecule has 0 aromatic heterocycles. The van der Waals surface area contributed by atoms with Crippen LogP contribution in [0.4, 0.5) is 0 Å². The van der Waals surface area contributed by atoms with Crippen molar-refractivity contribution in [1.82, 2.24) is 0 Å². The number of benzene rings is 1. The van der Waals surface area contributed by atoms with Crippen molar-refractivity contribution in [3.63, 3.8) is 0 Å². The van der Waals surface area contributed by atoms with E-state index < -0.39 is 0 Å². The van der Waals surface area contributed by atoms with Crippen LogP contribution in [0.5, 0.6) is 5.75 Å². The molecule has 0 unspecified atom stereocenters. The SMILES string of the molecule is COCc1cccc(O)c1Br. The molecule has 60 valence electrons. The number of rotatable bonds is 2. The van der Waals surface area contributed by atoms with Crippen molar-refractivity contribution in [1.29, 1.82) is 0 Å². The van der Waals surface area contributed by atoms with Gasteiger partial charge in [0.25, 0.3) is 0 Å². The lowest BCUT2D eigenvalue weighted by Crippen LogP contribution is -1.88. The molecule has 0 aliphatic rings. The van der Waals surface area contributed by atoms with E-state index >= 15 is 0 Å². The van der Waals surface area contributed by atoms with Gasteiger partial charge in [0.2, 0.25) is 0 Å². The van der Waals surface area contributed by atoms with Gasteiger partial charge in [0.15, 0.2) is 0 Å². The van der Waals surface area contributed by atoms with Crippen LogP contribution in [0.25, 0.3) is 0 Å². The normalized spacial score (nSPS) is 10.0. The summed E-state index contributed by atoms with van der Waals surface area (Å²) in [4.78, 5) is 0. The number of phenolic OH excluding ortho intramolecular Hbond substituents is 1. The lowest BCUT2D eigenvalue weighted by atomic mass is 10.2. The van der Waals surface area contributed by atoms with Gasteiger partial charge in [-0.3, -0.25) is 0 Å². The van der Waals surface area contributed by atoms with Crippen molar-refractivity contribution >= 4 is 15.9 Å². The molecule has 1 N–H and O–H groups in total. The molecule has 0 fully saturated rings. The van der Waals surface area contributed by atoms with Crippen molar-refractivity contribution in [2.45, 2.75) is 6.61 Å². The van der Waals surface area contributed by atoms with Gasteiger partial charge >= 0.3 is 0 Å². The van der Waals surface area contributed by atoms with Gasteiger partial charge in [-0.05, 0) is 27.6 Å². The van der Waals surface area contributed by atoms with Crippen LogP contribution in [0.15, 0.2) is 22.7 Å². The van der Waals surface area contributed by atoms with Crippen LogP contribution in [-0.4, -0.2) is 12.2 Å². The van der Waals surface area contributed by atoms with Gasteiger partial charge in [-0.2, -0.15) is 0 Å². The summed E-state index contributed by atoms with van der Waals surface area (Å²) in [6.07, 6.45) is 0. The number of ether oxygens (including phenoxy) is 1. The molecule has 0 aliphatic heterocycles. The van der Waals surface area contributed by atoms with E-state index in [-0.39, 0.29) is 5.75 Å². The maximum atomic E-state index is 9.22. The Labute approximate surface area is 73.9 Å². The topological polar surface area (TPSA) is 29.5 Å². The van der Waals surface area contributed by atoms with E-state index in [0.717, 1.165) is 5.56 Å². The first kappa shape index (κ1) is 8.56. The minimum Gasteiger partial charge on any atom is -0.507 e. The maximum Gasteiger partial charge on any atom is 0.130 e. The van der Waals surface area contributed by atoms with Gasteiger partial charge in [0.05, 0.1) is 11.1 Å². The second-order valence-corrected chi connectivity index (χ2v) is 2.98. The van der Waals surface area contributed by atoms with E-state index in [1.165, 1.54) is 0 Å². The third-order valence-electron chi connectivity index (χ3n) is 1.36. The highest BCUT2D eigenvalue weighted by Crippen LogP contribution is 2.27. The van der Waals surface area contributed by atoms with E-state index in [4.69, 9.17) is 4.74 Å². The summed E-state index contributed by atoms with van der Waals surface area (Å²) in [5.74, 6) is 0.250. The van der Waals surface area contributed by atoms with Gasteiger partial charge in [-0.25, -0.2) is 0 Å². The molecule has 1 aromatic rings. The number of methoxy groups -OCH3 is 1. The summed E-state index contributed by atoms with van der Waals surface area (Å²) in [6.45, 7) is 0.509. The first-order valence-corrected chi connectivity index (χ1v) is 4.00. The zero-order valence-corrected chi connectivity index (χ0v) is 7.76. The molecule has 0 amide bonds. The molecule has 2 nitrogen and oxygen atoms in total. The zero-order chi connectivity index (χ0) is 8.27. The molecule has 1 aromatic carbocycles. The number of phenols is 1. The Morgan fingerprint density at radius 2 is 2.27 bits per heavy atom. The quantitative estimate of drug-likeness (QED) is 0.823. The Kier molecular flexibility index (Phi) is 2.91. The standard InChI is InChI=1S/C8H9BrO2/c1-11-5-6-3-2-4-7(10)8(6)9/h2-4,10H,5H2,1H3. The summed E-state index contributed by atoms with van der Waals surface area (Å²) < 4.78 is 5.63. The summed E-state index contributed by atoms with van der Waals surface area (Å²) >= 11 is 3.25. The molecular weight excluding hydrogens is 208 g/mol. The van der Waals surface area contributed by atoms with Gasteiger partial charge < -0.3 is 9.84 Å². The fourth-order valence-electron chi connectivity index (χ4n) is 0.833. The average Bonchev–Trinajstić information content (AvgIpc) is 1.99. The second kappa shape index (κ2) is 3.74. The Bertz CT molecular complexity index is 248. The van der Waals surface area contributed by atoms with E-state index in [1.54, 1.807) is 19.2 Å². The zero-order valence-electron chi connectivity index (χ0n) is 6.17. The lowest BCUT2D eigenvalue weighted by molar-refractivity contribution is 0.184. The molecule has 0 heterocycles. The molecule has 11 heavy (non-hydrogen) atoms. The molecule has 0 bridgehead atoms. The van der Waals surface area contributed by atoms with Crippen LogP contribution >= 0.6 is 15.9 Å². The van der Waals surface area contributed by atoms with Gasteiger partial charge in [-0.15, -0.1) is 0 Å². The van der Waals surface area contributed by atoms with Crippen molar-refractivity contribution in [3.05, 3.63) is 28.2 Å². The summed E-state index contributed by atoms with van der Waals surface area (Å²) in [5.41, 5.74) is 0.951. The van der Waals surface area contributed by atoms with Crippen LogP contribution in [0.1, 0.15) is 5.56 Å². The Morgan fingerprint density at radius 1 is 1.55 bits per heavy atom. The van der Waals surface area contributed by atoms with E-state index in [2.05, 4.69) is 15.9 Å². The van der Waals surface area contributed by atoms with Crippen molar-refractivity contribution < 1.29 is 9.84 Å². The van der Waals surface area contributed by atoms with Crippen molar-refractivity contribution in [2.75, 3.05) is 7.11 Å². The molecule has 0 atom stereocenters. The van der Waals surface area contributed by atoms with Crippen LogP contribution in [-0.2, 0) is 11.3 Å². The molecule has 0 saturated heterocycles. The van der Waals surface area contributed by atoms with Crippen LogP contribution < -0.4 is 0 Å². The number of halogens is 1. The molecule has 0 spiro atoms. The summed E-state index contributed by atoms with van der Waals surface area (Å²) in [6, 6.07) is 5.31. The van der Waals surface area contributed by atoms with Gasteiger partial charge in [0, 0.05) is 7.11 Å². The Hall–Kier alpha value is -0.540. The third kappa shape index (κ3) is 1.94. The lowest BCUT2D eigenvalue weighted by Gasteiger charge is -2.03. The van der Waals surface area contributed by atoms with Crippen molar-refractivity contribution in [2.24, 2.45) is 0 Å². The fourth-order valence-corrected chi connectivity index (χ4v) is 1.21. The second-order valence-electron chi connectivity index (χ2n) is 2.18. The molecule has 0 radical (unpaired) electrons. The average molecular weight is 217 g/mol. The molecule has 1 rings (SSSR count). The monoisotopic (exact) mass is 216 g/mol. The smallest absolute Gasteiger partial charge is 0.130 e. The Morgan fingerprint density at radius 3 is 2.91 bits per heavy atom. The highest BCUT2D eigenvalue weighted by atomic mass is 79.9. The van der Waals surface area contributed by atoms with E-state index in [1.807, 2.05) is 6.07 Å². The van der Waals surface area contributed by atoms with Gasteiger partial charge in [-0.1, -0.05) is 12.1 Å². The third-order valence-corrected chi connectivity index (χ3v) is 2.27.